The van der Waals surface area contributed by atoms with Crippen LogP contribution in [0.15, 0.2) is 60.7 Å². The van der Waals surface area contributed by atoms with Gasteiger partial charge in [0.05, 0.1) is 25.2 Å². The van der Waals surface area contributed by atoms with Crippen molar-refractivity contribution in [2.24, 2.45) is 0 Å². The van der Waals surface area contributed by atoms with E-state index in [9.17, 15) is 25.0 Å². The van der Waals surface area contributed by atoms with Crippen LogP contribution < -0.4 is 0 Å². The fourth-order valence-corrected chi connectivity index (χ4v) is 4.69. The monoisotopic (exact) mass is 468 g/mol. The van der Waals surface area contributed by atoms with E-state index in [1.165, 1.54) is 0 Å². The maximum atomic E-state index is 13.9. The summed E-state index contributed by atoms with van der Waals surface area (Å²) in [5.41, 5.74) is 2.01. The molecule has 2 unspecified atom stereocenters. The Labute approximate surface area is 197 Å². The van der Waals surface area contributed by atoms with Crippen molar-refractivity contribution in [3.63, 3.8) is 0 Å². The number of Topliss-reactive ketones (excluding diaryl/α,β-unsaturated/α-hetero) is 1. The van der Waals surface area contributed by atoms with Crippen molar-refractivity contribution in [3.05, 3.63) is 92.0 Å². The number of ketones is 1. The molecule has 2 aromatic rings. The fraction of sp³-hybridized carbons (Fsp3) is 0.435. The number of piperazine rings is 2. The van der Waals surface area contributed by atoms with E-state index >= 15 is 0 Å². The Morgan fingerprint density at radius 2 is 1.09 bits per heavy atom. The predicted molar refractivity (Wildman–Crippen MR) is 123 cm³/mol. The van der Waals surface area contributed by atoms with Gasteiger partial charge in [-0.25, -0.2) is 20.2 Å². The molecule has 2 saturated heterocycles. The van der Waals surface area contributed by atoms with Gasteiger partial charge in [-0.2, -0.15) is 0 Å². The second-order valence-electron chi connectivity index (χ2n) is 8.65. The Hall–Kier alpha value is -3.57. The third kappa shape index (κ3) is 5.49. The Morgan fingerprint density at radius 1 is 0.706 bits per heavy atom. The molecule has 180 valence electrons. The van der Waals surface area contributed by atoms with Gasteiger partial charge in [-0.15, -0.1) is 10.0 Å². The number of benzene rings is 2. The topological polar surface area (TPSA) is 116 Å². The lowest BCUT2D eigenvalue weighted by Crippen LogP contribution is -2.64. The summed E-state index contributed by atoms with van der Waals surface area (Å²) >= 11 is 0. The van der Waals surface area contributed by atoms with Gasteiger partial charge in [0.15, 0.2) is 15.8 Å². The maximum Gasteiger partial charge on any atom is 0.171 e. The van der Waals surface area contributed by atoms with Crippen LogP contribution in [0.5, 0.6) is 0 Å². The number of nitro groups is 2. The zero-order valence-electron chi connectivity index (χ0n) is 18.8. The molecule has 0 aromatic heterocycles. The second-order valence-corrected chi connectivity index (χ2v) is 8.65. The molecule has 0 N–H and O–H groups in total. The van der Waals surface area contributed by atoms with E-state index < -0.39 is 22.1 Å². The van der Waals surface area contributed by atoms with Gasteiger partial charge in [0.2, 0.25) is 0 Å². The van der Waals surface area contributed by atoms with Crippen LogP contribution in [0.25, 0.3) is 0 Å². The first-order valence-electron chi connectivity index (χ1n) is 11.3. The highest BCUT2D eigenvalue weighted by molar-refractivity contribution is 5.89. The highest BCUT2D eigenvalue weighted by atomic mass is 16.7. The van der Waals surface area contributed by atoms with Gasteiger partial charge in [0.1, 0.15) is 13.1 Å². The number of carbonyl (C=O) groups excluding carboxylic acids is 1. The largest absolute Gasteiger partial charge is 0.296 e. The Morgan fingerprint density at radius 3 is 1.44 bits per heavy atom. The van der Waals surface area contributed by atoms with Crippen LogP contribution in [-0.4, -0.2) is 87.0 Å². The van der Waals surface area contributed by atoms with Gasteiger partial charge in [-0.3, -0.25) is 14.6 Å². The van der Waals surface area contributed by atoms with Crippen LogP contribution in [0.4, 0.5) is 0 Å². The van der Waals surface area contributed by atoms with Crippen LogP contribution in [0.2, 0.25) is 0 Å². The third-order valence-electron chi connectivity index (χ3n) is 6.52. The number of rotatable bonds is 8. The summed E-state index contributed by atoms with van der Waals surface area (Å²) in [6, 6.07) is 17.8. The van der Waals surface area contributed by atoms with Crippen LogP contribution >= 0.6 is 0 Å². The highest BCUT2D eigenvalue weighted by Crippen LogP contribution is 2.22. The van der Waals surface area contributed by atoms with Gasteiger partial charge < -0.3 is 0 Å². The van der Waals surface area contributed by atoms with Crippen molar-refractivity contribution in [1.29, 1.82) is 0 Å². The Balaban J connectivity index is 1.59. The summed E-state index contributed by atoms with van der Waals surface area (Å²) in [5, 5.41) is 24.2. The molecule has 11 heteroatoms. The molecule has 2 fully saturated rings. The molecule has 2 aliphatic heterocycles. The zero-order chi connectivity index (χ0) is 24.1. The molecule has 4 rings (SSSR count). The molecule has 2 heterocycles. The molecule has 0 aliphatic carbocycles. The fourth-order valence-electron chi connectivity index (χ4n) is 4.69. The first-order chi connectivity index (χ1) is 16.4. The van der Waals surface area contributed by atoms with E-state index in [0.717, 1.165) is 21.1 Å². The van der Waals surface area contributed by atoms with E-state index in [4.69, 9.17) is 0 Å². The number of hydrogen-bond acceptors (Lipinski definition) is 7. The SMILES string of the molecule is O=C(C1CN([N+](=O)[O-])CCN1Cc1ccccc1)C1CN([N+](=O)[O-])CCN1Cc1ccccc1. The molecular formula is C23H28N6O5. The van der Waals surface area contributed by atoms with Gasteiger partial charge in [0, 0.05) is 26.2 Å². The minimum absolute atomic E-state index is 0.0488. The molecule has 2 atom stereocenters. The summed E-state index contributed by atoms with van der Waals surface area (Å²) in [4.78, 5) is 40.8. The Kier molecular flexibility index (Phi) is 7.33. The number of carbonyl (C=O) groups is 1. The van der Waals surface area contributed by atoms with Crippen molar-refractivity contribution in [2.75, 3.05) is 39.3 Å². The molecule has 0 amide bonds. The van der Waals surface area contributed by atoms with E-state index in [-0.39, 0.29) is 32.0 Å². The van der Waals surface area contributed by atoms with Crippen molar-refractivity contribution >= 4 is 5.78 Å². The molecule has 0 bridgehead atoms. The molecule has 0 saturated carbocycles. The lowest BCUT2D eigenvalue weighted by atomic mass is 9.97. The lowest BCUT2D eigenvalue weighted by molar-refractivity contribution is -0.659. The van der Waals surface area contributed by atoms with Crippen molar-refractivity contribution < 1.29 is 14.9 Å². The lowest BCUT2D eigenvalue weighted by Gasteiger charge is -2.42. The molecule has 11 nitrogen and oxygen atoms in total. The summed E-state index contributed by atoms with van der Waals surface area (Å²) < 4.78 is 0. The summed E-state index contributed by atoms with van der Waals surface area (Å²) in [6.07, 6.45) is 0. The van der Waals surface area contributed by atoms with Gasteiger partial charge in [0.25, 0.3) is 0 Å². The second kappa shape index (κ2) is 10.6. The summed E-state index contributed by atoms with van der Waals surface area (Å²) in [6.45, 7) is 2.00. The number of hydrogen-bond donors (Lipinski definition) is 0. The smallest absolute Gasteiger partial charge is 0.171 e. The van der Waals surface area contributed by atoms with Gasteiger partial charge >= 0.3 is 0 Å². The molecule has 0 spiro atoms. The van der Waals surface area contributed by atoms with Crippen molar-refractivity contribution in [3.8, 4) is 0 Å². The van der Waals surface area contributed by atoms with Crippen LogP contribution in [-0.2, 0) is 17.9 Å². The quantitative estimate of drug-likeness (QED) is 0.418. The van der Waals surface area contributed by atoms with E-state index in [2.05, 4.69) is 0 Å². The molecule has 2 aliphatic rings. The van der Waals surface area contributed by atoms with Crippen LogP contribution in [0, 0.1) is 20.2 Å². The summed E-state index contributed by atoms with van der Waals surface area (Å²) in [7, 11) is 0. The summed E-state index contributed by atoms with van der Waals surface area (Å²) in [5.74, 6) is -0.218. The first-order valence-corrected chi connectivity index (χ1v) is 11.3. The predicted octanol–water partition coefficient (Wildman–Crippen LogP) is 1.31. The molecule has 0 radical (unpaired) electrons. The normalized spacial score (nSPS) is 21.9. The highest BCUT2D eigenvalue weighted by Gasteiger charge is 2.44. The standard InChI is InChI=1S/C23H28N6O5/c30-23(21-17-26(28(31)32)13-11-24(21)15-19-7-3-1-4-8-19)22-18-27(29(33)34)14-12-25(22)16-20-9-5-2-6-10-20/h1-10,21-22H,11-18H2. The van der Waals surface area contributed by atoms with Crippen molar-refractivity contribution in [2.45, 2.75) is 25.2 Å². The molecular weight excluding hydrogens is 440 g/mol. The maximum absolute atomic E-state index is 13.9. The van der Waals surface area contributed by atoms with Crippen LogP contribution in [0.3, 0.4) is 0 Å². The average Bonchev–Trinajstić information content (AvgIpc) is 2.85. The Bertz CT molecular complexity index is 928. The van der Waals surface area contributed by atoms with E-state index in [1.54, 1.807) is 0 Å². The van der Waals surface area contributed by atoms with Gasteiger partial charge in [-0.05, 0) is 11.1 Å². The van der Waals surface area contributed by atoms with Crippen LogP contribution in [0.1, 0.15) is 11.1 Å². The zero-order valence-corrected chi connectivity index (χ0v) is 18.8. The molecule has 2 aromatic carbocycles. The van der Waals surface area contributed by atoms with E-state index in [1.807, 2.05) is 70.5 Å². The third-order valence-corrected chi connectivity index (χ3v) is 6.52. The van der Waals surface area contributed by atoms with E-state index in [0.29, 0.717) is 26.2 Å². The first kappa shape index (κ1) is 23.6. The molecule has 34 heavy (non-hydrogen) atoms. The van der Waals surface area contributed by atoms with Gasteiger partial charge in [-0.1, -0.05) is 60.7 Å². The number of nitrogens with zero attached hydrogens (tertiary/aromatic N) is 6. The minimum atomic E-state index is -0.741. The number of hydrazine groups is 2. The average molecular weight is 469 g/mol. The van der Waals surface area contributed by atoms with Crippen molar-refractivity contribution in [1.82, 2.24) is 19.8 Å². The minimum Gasteiger partial charge on any atom is -0.296 e.